The van der Waals surface area contributed by atoms with Gasteiger partial charge >= 0.3 is 0 Å². The van der Waals surface area contributed by atoms with Crippen LogP contribution in [0.25, 0.3) is 0 Å². The Morgan fingerprint density at radius 3 is 2.73 bits per heavy atom. The Labute approximate surface area is 92.2 Å². The monoisotopic (exact) mass is 210 g/mol. The van der Waals surface area contributed by atoms with Gasteiger partial charge in [0.25, 0.3) is 0 Å². The summed E-state index contributed by atoms with van der Waals surface area (Å²) in [7, 11) is 0. The number of likely N-dealkylation sites (tertiary alicyclic amines) is 1. The molecule has 2 saturated heterocycles. The minimum atomic E-state index is 0.382. The molecule has 2 fully saturated rings. The predicted molar refractivity (Wildman–Crippen MR) is 60.6 cm³/mol. The van der Waals surface area contributed by atoms with Gasteiger partial charge in [0, 0.05) is 19.5 Å². The molecule has 0 aliphatic carbocycles. The first-order valence-corrected chi connectivity index (χ1v) is 6.24. The van der Waals surface area contributed by atoms with Crippen molar-refractivity contribution in [3.8, 4) is 0 Å². The summed E-state index contributed by atoms with van der Waals surface area (Å²) in [5, 5.41) is 3.37. The topological polar surface area (TPSA) is 32.3 Å². The van der Waals surface area contributed by atoms with Crippen LogP contribution in [0.15, 0.2) is 0 Å². The smallest absolute Gasteiger partial charge is 0.222 e. The van der Waals surface area contributed by atoms with Crippen molar-refractivity contribution in [1.29, 1.82) is 0 Å². The second-order valence-corrected chi connectivity index (χ2v) is 5.13. The van der Waals surface area contributed by atoms with E-state index in [1.54, 1.807) is 0 Å². The van der Waals surface area contributed by atoms with Gasteiger partial charge in [-0.2, -0.15) is 0 Å². The van der Waals surface area contributed by atoms with Crippen LogP contribution < -0.4 is 5.32 Å². The number of rotatable bonds is 2. The largest absolute Gasteiger partial charge is 0.342 e. The molecule has 2 aliphatic heterocycles. The van der Waals surface area contributed by atoms with Crippen LogP contribution in [0.5, 0.6) is 0 Å². The van der Waals surface area contributed by atoms with Gasteiger partial charge in [-0.15, -0.1) is 0 Å². The maximum atomic E-state index is 11.8. The molecule has 0 aromatic carbocycles. The first kappa shape index (κ1) is 10.9. The van der Waals surface area contributed by atoms with Crippen molar-refractivity contribution in [2.75, 3.05) is 26.2 Å². The SMILES string of the molecule is CC1CCN(CC2CCNCC2)C(=O)C1. The van der Waals surface area contributed by atoms with Gasteiger partial charge in [0.15, 0.2) is 0 Å². The van der Waals surface area contributed by atoms with Crippen LogP contribution in [0.2, 0.25) is 0 Å². The van der Waals surface area contributed by atoms with E-state index in [0.717, 1.165) is 38.5 Å². The lowest BCUT2D eigenvalue weighted by Gasteiger charge is -2.34. The Kier molecular flexibility index (Phi) is 3.62. The van der Waals surface area contributed by atoms with Crippen molar-refractivity contribution in [3.05, 3.63) is 0 Å². The summed E-state index contributed by atoms with van der Waals surface area (Å²) in [5.41, 5.74) is 0. The number of amides is 1. The summed E-state index contributed by atoms with van der Waals surface area (Å²) in [5.74, 6) is 1.72. The molecule has 2 rings (SSSR count). The predicted octanol–water partition coefficient (Wildman–Crippen LogP) is 1.24. The standard InChI is InChI=1S/C12H22N2O/c1-10-4-7-14(12(15)8-10)9-11-2-5-13-6-3-11/h10-11,13H,2-9H2,1H3. The first-order chi connectivity index (χ1) is 7.25. The van der Waals surface area contributed by atoms with Crippen LogP contribution in [-0.4, -0.2) is 37.0 Å². The van der Waals surface area contributed by atoms with Crippen LogP contribution in [0.1, 0.15) is 32.6 Å². The van der Waals surface area contributed by atoms with E-state index in [1.807, 2.05) is 0 Å². The number of hydrogen-bond acceptors (Lipinski definition) is 2. The van der Waals surface area contributed by atoms with Crippen LogP contribution in [0, 0.1) is 11.8 Å². The van der Waals surface area contributed by atoms with Gasteiger partial charge in [-0.3, -0.25) is 4.79 Å². The lowest BCUT2D eigenvalue weighted by molar-refractivity contribution is -0.135. The summed E-state index contributed by atoms with van der Waals surface area (Å²) in [6.45, 7) is 6.43. The van der Waals surface area contributed by atoms with Crippen LogP contribution in [-0.2, 0) is 4.79 Å². The van der Waals surface area contributed by atoms with E-state index in [-0.39, 0.29) is 0 Å². The Hall–Kier alpha value is -0.570. The fourth-order valence-electron chi connectivity index (χ4n) is 2.60. The summed E-state index contributed by atoms with van der Waals surface area (Å²) in [6, 6.07) is 0. The molecule has 0 radical (unpaired) electrons. The summed E-state index contributed by atoms with van der Waals surface area (Å²) < 4.78 is 0. The number of carbonyl (C=O) groups excluding carboxylic acids is 1. The van der Waals surface area contributed by atoms with Crippen molar-refractivity contribution in [3.63, 3.8) is 0 Å². The zero-order valence-electron chi connectivity index (χ0n) is 9.67. The fourth-order valence-corrected chi connectivity index (χ4v) is 2.60. The maximum Gasteiger partial charge on any atom is 0.222 e. The molecule has 3 heteroatoms. The Bertz CT molecular complexity index is 224. The van der Waals surface area contributed by atoms with Gasteiger partial charge in [0.2, 0.25) is 5.91 Å². The molecule has 0 bridgehead atoms. The highest BCUT2D eigenvalue weighted by atomic mass is 16.2. The average molecular weight is 210 g/mol. The van der Waals surface area contributed by atoms with Gasteiger partial charge in [-0.05, 0) is 44.2 Å². The first-order valence-electron chi connectivity index (χ1n) is 6.24. The fraction of sp³-hybridized carbons (Fsp3) is 0.917. The van der Waals surface area contributed by atoms with Crippen LogP contribution >= 0.6 is 0 Å². The Balaban J connectivity index is 1.80. The van der Waals surface area contributed by atoms with E-state index in [1.165, 1.54) is 19.3 Å². The molecule has 3 nitrogen and oxygen atoms in total. The van der Waals surface area contributed by atoms with E-state index in [0.29, 0.717) is 11.8 Å². The minimum Gasteiger partial charge on any atom is -0.342 e. The third kappa shape index (κ3) is 2.94. The van der Waals surface area contributed by atoms with Gasteiger partial charge in [0.1, 0.15) is 0 Å². The van der Waals surface area contributed by atoms with Crippen molar-refractivity contribution < 1.29 is 4.79 Å². The Morgan fingerprint density at radius 1 is 1.33 bits per heavy atom. The highest BCUT2D eigenvalue weighted by Crippen LogP contribution is 2.21. The molecule has 0 aromatic heterocycles. The second-order valence-electron chi connectivity index (χ2n) is 5.13. The van der Waals surface area contributed by atoms with Gasteiger partial charge in [0.05, 0.1) is 0 Å². The molecular weight excluding hydrogens is 188 g/mol. The summed E-state index contributed by atoms with van der Waals surface area (Å²) in [4.78, 5) is 13.9. The number of carbonyl (C=O) groups is 1. The second kappa shape index (κ2) is 4.97. The van der Waals surface area contributed by atoms with Crippen molar-refractivity contribution in [2.45, 2.75) is 32.6 Å². The van der Waals surface area contributed by atoms with E-state index in [4.69, 9.17) is 0 Å². The van der Waals surface area contributed by atoms with E-state index in [9.17, 15) is 4.79 Å². The van der Waals surface area contributed by atoms with Crippen molar-refractivity contribution in [1.82, 2.24) is 10.2 Å². The van der Waals surface area contributed by atoms with Crippen molar-refractivity contribution in [2.24, 2.45) is 11.8 Å². The zero-order chi connectivity index (χ0) is 10.7. The molecule has 15 heavy (non-hydrogen) atoms. The molecule has 2 heterocycles. The molecule has 1 N–H and O–H groups in total. The average Bonchev–Trinajstić information content (AvgIpc) is 2.24. The number of nitrogens with one attached hydrogen (secondary N) is 1. The summed E-state index contributed by atoms with van der Waals surface area (Å²) >= 11 is 0. The number of hydrogen-bond donors (Lipinski definition) is 1. The van der Waals surface area contributed by atoms with E-state index >= 15 is 0 Å². The third-order valence-corrected chi connectivity index (χ3v) is 3.70. The lowest BCUT2D eigenvalue weighted by atomic mass is 9.94. The highest BCUT2D eigenvalue weighted by molar-refractivity contribution is 5.77. The molecule has 0 aromatic rings. The quantitative estimate of drug-likeness (QED) is 0.744. The third-order valence-electron chi connectivity index (χ3n) is 3.70. The maximum absolute atomic E-state index is 11.8. The molecule has 0 saturated carbocycles. The van der Waals surface area contributed by atoms with E-state index < -0.39 is 0 Å². The lowest BCUT2D eigenvalue weighted by Crippen LogP contribution is -2.43. The molecule has 1 atom stereocenters. The number of nitrogens with zero attached hydrogens (tertiary/aromatic N) is 1. The van der Waals surface area contributed by atoms with Crippen LogP contribution in [0.3, 0.4) is 0 Å². The zero-order valence-corrected chi connectivity index (χ0v) is 9.67. The molecule has 2 aliphatic rings. The van der Waals surface area contributed by atoms with Gasteiger partial charge in [-0.1, -0.05) is 6.92 Å². The minimum absolute atomic E-state index is 0.382. The molecule has 1 unspecified atom stereocenters. The molecule has 86 valence electrons. The van der Waals surface area contributed by atoms with Gasteiger partial charge in [-0.25, -0.2) is 0 Å². The van der Waals surface area contributed by atoms with E-state index in [2.05, 4.69) is 17.1 Å². The highest BCUT2D eigenvalue weighted by Gasteiger charge is 2.25. The number of piperidine rings is 2. The van der Waals surface area contributed by atoms with Crippen LogP contribution in [0.4, 0.5) is 0 Å². The Morgan fingerprint density at radius 2 is 2.07 bits per heavy atom. The van der Waals surface area contributed by atoms with Crippen molar-refractivity contribution >= 4 is 5.91 Å². The molecule has 1 amide bonds. The van der Waals surface area contributed by atoms with Gasteiger partial charge < -0.3 is 10.2 Å². The normalized spacial score (nSPS) is 29.5. The summed E-state index contributed by atoms with van der Waals surface area (Å²) in [6.07, 6.45) is 4.43. The molecular formula is C12H22N2O. The molecule has 0 spiro atoms.